The van der Waals surface area contributed by atoms with Crippen molar-refractivity contribution in [1.29, 1.82) is 0 Å². The number of carbonyl (C=O) groups excluding carboxylic acids is 2. The fourth-order valence-electron chi connectivity index (χ4n) is 4.56. The molecule has 0 unspecified atom stereocenters. The van der Waals surface area contributed by atoms with Crippen LogP contribution in [0.4, 0.5) is 15.8 Å². The molecular formula is C23H25FN6O2. The topological polar surface area (TPSA) is 82.5 Å². The molecule has 2 N–H and O–H groups in total. The zero-order chi connectivity index (χ0) is 22.4. The Hall–Kier alpha value is -3.46. The lowest BCUT2D eigenvalue weighted by molar-refractivity contribution is -0.118. The molecule has 3 aromatic rings. The van der Waals surface area contributed by atoms with Gasteiger partial charge in [0, 0.05) is 51.4 Å². The van der Waals surface area contributed by atoms with Gasteiger partial charge in [-0.1, -0.05) is 0 Å². The van der Waals surface area contributed by atoms with Gasteiger partial charge in [-0.15, -0.1) is 0 Å². The first-order chi connectivity index (χ1) is 15.4. The molecular weight excluding hydrogens is 411 g/mol. The highest BCUT2D eigenvalue weighted by Gasteiger charge is 2.26. The van der Waals surface area contributed by atoms with E-state index in [1.807, 2.05) is 22.6 Å². The Balaban J connectivity index is 1.27. The van der Waals surface area contributed by atoms with E-state index >= 15 is 0 Å². The maximum absolute atomic E-state index is 14.5. The first-order valence-corrected chi connectivity index (χ1v) is 10.7. The third-order valence-electron chi connectivity index (χ3n) is 6.33. The molecule has 1 fully saturated rings. The quantitative estimate of drug-likeness (QED) is 0.614. The molecule has 2 aliphatic heterocycles. The standard InChI is InChI=1S/C23H25FN6O2/c1-14-22(31)27-18-12-15(11-16-5-6-30(14)20(16)18)13-28-7-9-29(10-8-28)19-4-3-17(23(32)25-2)26-21(19)24/h3-6,11-12,14H,7-10,13H2,1-2H3,(H,25,32)(H,27,31)/t14-/m0/s1. The largest absolute Gasteiger partial charge is 0.365 e. The van der Waals surface area contributed by atoms with Gasteiger partial charge in [0.05, 0.1) is 16.9 Å². The fourth-order valence-corrected chi connectivity index (χ4v) is 4.56. The van der Waals surface area contributed by atoms with Crippen LogP contribution in [0.5, 0.6) is 0 Å². The van der Waals surface area contributed by atoms with Crippen LogP contribution >= 0.6 is 0 Å². The Labute approximate surface area is 185 Å². The number of pyridine rings is 1. The van der Waals surface area contributed by atoms with Crippen LogP contribution in [0.25, 0.3) is 10.9 Å². The summed E-state index contributed by atoms with van der Waals surface area (Å²) in [5.41, 5.74) is 3.54. The number of anilines is 2. The number of amides is 2. The van der Waals surface area contributed by atoms with Crippen LogP contribution in [0, 0.1) is 5.95 Å². The Bertz CT molecular complexity index is 1210. The number of hydrogen-bond donors (Lipinski definition) is 2. The van der Waals surface area contributed by atoms with E-state index in [2.05, 4.69) is 38.7 Å². The molecule has 0 saturated carbocycles. The van der Waals surface area contributed by atoms with Crippen molar-refractivity contribution in [2.75, 3.05) is 43.4 Å². The molecule has 5 rings (SSSR count). The number of carbonyl (C=O) groups is 2. The van der Waals surface area contributed by atoms with Gasteiger partial charge in [0.25, 0.3) is 5.91 Å². The first-order valence-electron chi connectivity index (χ1n) is 10.7. The number of benzene rings is 1. The SMILES string of the molecule is CNC(=O)c1ccc(N2CCN(Cc3cc4c5c(ccn5[C@@H](C)C(=O)N4)c3)CC2)c(F)n1. The third-order valence-corrected chi connectivity index (χ3v) is 6.33. The summed E-state index contributed by atoms with van der Waals surface area (Å²) in [7, 11) is 1.49. The number of piperazine rings is 1. The van der Waals surface area contributed by atoms with Gasteiger partial charge in [0.2, 0.25) is 11.9 Å². The minimum absolute atomic E-state index is 0.00108. The van der Waals surface area contributed by atoms with Gasteiger partial charge in [-0.25, -0.2) is 4.98 Å². The highest BCUT2D eigenvalue weighted by molar-refractivity contribution is 6.06. The highest BCUT2D eigenvalue weighted by atomic mass is 19.1. The Morgan fingerprint density at radius 1 is 1.22 bits per heavy atom. The predicted molar refractivity (Wildman–Crippen MR) is 120 cm³/mol. The van der Waals surface area contributed by atoms with E-state index in [1.165, 1.54) is 7.05 Å². The molecule has 0 aliphatic carbocycles. The molecule has 2 aromatic heterocycles. The summed E-state index contributed by atoms with van der Waals surface area (Å²) in [6.07, 6.45) is 1.97. The van der Waals surface area contributed by atoms with Crippen LogP contribution in [-0.2, 0) is 11.3 Å². The second-order valence-electron chi connectivity index (χ2n) is 8.32. The molecule has 32 heavy (non-hydrogen) atoms. The summed E-state index contributed by atoms with van der Waals surface area (Å²) in [6.45, 7) is 5.53. The molecule has 2 amide bonds. The van der Waals surface area contributed by atoms with Crippen molar-refractivity contribution in [3.63, 3.8) is 0 Å². The predicted octanol–water partition coefficient (Wildman–Crippen LogP) is 2.37. The molecule has 2 aliphatic rings. The Kier molecular flexibility index (Phi) is 5.05. The molecule has 166 valence electrons. The lowest BCUT2D eigenvalue weighted by Crippen LogP contribution is -2.46. The van der Waals surface area contributed by atoms with Crippen LogP contribution in [-0.4, -0.2) is 59.5 Å². The summed E-state index contributed by atoms with van der Waals surface area (Å²) in [5, 5.41) is 6.60. The number of nitrogens with one attached hydrogen (secondary N) is 2. The van der Waals surface area contributed by atoms with Crippen molar-refractivity contribution in [2.24, 2.45) is 0 Å². The summed E-state index contributed by atoms with van der Waals surface area (Å²) < 4.78 is 16.5. The number of rotatable bonds is 4. The van der Waals surface area contributed by atoms with E-state index in [9.17, 15) is 14.0 Å². The molecule has 1 saturated heterocycles. The van der Waals surface area contributed by atoms with Crippen molar-refractivity contribution in [3.05, 3.63) is 53.7 Å². The van der Waals surface area contributed by atoms with Crippen molar-refractivity contribution in [1.82, 2.24) is 19.8 Å². The van der Waals surface area contributed by atoms with Gasteiger partial charge in [0.1, 0.15) is 11.7 Å². The third kappa shape index (κ3) is 3.48. The maximum atomic E-state index is 14.5. The molecule has 1 aromatic carbocycles. The van der Waals surface area contributed by atoms with E-state index in [0.29, 0.717) is 18.8 Å². The smallest absolute Gasteiger partial charge is 0.269 e. The van der Waals surface area contributed by atoms with Crippen LogP contribution in [0.1, 0.15) is 29.0 Å². The van der Waals surface area contributed by atoms with Crippen molar-refractivity contribution >= 4 is 34.1 Å². The summed E-state index contributed by atoms with van der Waals surface area (Å²) in [6, 6.07) is 9.24. The zero-order valence-electron chi connectivity index (χ0n) is 18.1. The Morgan fingerprint density at radius 3 is 2.72 bits per heavy atom. The van der Waals surface area contributed by atoms with E-state index in [-0.39, 0.29) is 17.6 Å². The van der Waals surface area contributed by atoms with Gasteiger partial charge in [-0.05, 0) is 42.8 Å². The number of nitrogens with zero attached hydrogens (tertiary/aromatic N) is 4. The van der Waals surface area contributed by atoms with E-state index in [1.54, 1.807) is 12.1 Å². The van der Waals surface area contributed by atoms with Gasteiger partial charge in [0.15, 0.2) is 0 Å². The van der Waals surface area contributed by atoms with Gasteiger partial charge < -0.3 is 20.1 Å². The lowest BCUT2D eigenvalue weighted by atomic mass is 10.1. The van der Waals surface area contributed by atoms with Crippen LogP contribution in [0.3, 0.4) is 0 Å². The minimum Gasteiger partial charge on any atom is -0.365 e. The second-order valence-corrected chi connectivity index (χ2v) is 8.32. The average molecular weight is 436 g/mol. The van der Waals surface area contributed by atoms with Crippen LogP contribution in [0.15, 0.2) is 36.5 Å². The van der Waals surface area contributed by atoms with Crippen LogP contribution in [0.2, 0.25) is 0 Å². The van der Waals surface area contributed by atoms with E-state index < -0.39 is 11.9 Å². The van der Waals surface area contributed by atoms with Gasteiger partial charge in [-0.3, -0.25) is 14.5 Å². The minimum atomic E-state index is -0.626. The van der Waals surface area contributed by atoms with Crippen molar-refractivity contribution < 1.29 is 14.0 Å². The fraction of sp³-hybridized carbons (Fsp3) is 0.348. The lowest BCUT2D eigenvalue weighted by Gasteiger charge is -2.36. The average Bonchev–Trinajstić information content (AvgIpc) is 3.22. The summed E-state index contributed by atoms with van der Waals surface area (Å²) >= 11 is 0. The Morgan fingerprint density at radius 2 is 2.00 bits per heavy atom. The van der Waals surface area contributed by atoms with E-state index in [0.717, 1.165) is 41.8 Å². The maximum Gasteiger partial charge on any atom is 0.269 e. The second kappa shape index (κ2) is 7.90. The first kappa shape index (κ1) is 20.4. The number of hydrogen-bond acceptors (Lipinski definition) is 5. The monoisotopic (exact) mass is 436 g/mol. The van der Waals surface area contributed by atoms with Gasteiger partial charge >= 0.3 is 0 Å². The van der Waals surface area contributed by atoms with Crippen molar-refractivity contribution in [3.8, 4) is 0 Å². The van der Waals surface area contributed by atoms with E-state index in [4.69, 9.17) is 0 Å². The molecule has 0 bridgehead atoms. The molecule has 0 radical (unpaired) electrons. The number of aromatic nitrogens is 2. The molecule has 0 spiro atoms. The van der Waals surface area contributed by atoms with Gasteiger partial charge in [-0.2, -0.15) is 4.39 Å². The summed E-state index contributed by atoms with van der Waals surface area (Å²) in [5.74, 6) is -1.03. The molecule has 8 nitrogen and oxygen atoms in total. The van der Waals surface area contributed by atoms with Crippen LogP contribution < -0.4 is 15.5 Å². The normalized spacial score (nSPS) is 18.7. The summed E-state index contributed by atoms with van der Waals surface area (Å²) in [4.78, 5) is 32.0. The highest BCUT2D eigenvalue weighted by Crippen LogP contribution is 2.33. The number of halogens is 1. The van der Waals surface area contributed by atoms with Crippen molar-refractivity contribution in [2.45, 2.75) is 19.5 Å². The molecule has 1 atom stereocenters. The molecule has 9 heteroatoms. The zero-order valence-corrected chi connectivity index (χ0v) is 18.1. The molecule has 4 heterocycles.